The van der Waals surface area contributed by atoms with Gasteiger partial charge in [0.2, 0.25) is 0 Å². The predicted octanol–water partition coefficient (Wildman–Crippen LogP) is 10.0. The number of benzene rings is 3. The van der Waals surface area contributed by atoms with Crippen LogP contribution in [0.1, 0.15) is 91.8 Å². The number of aliphatic hydroxyl groups is 1. The summed E-state index contributed by atoms with van der Waals surface area (Å²) in [5, 5.41) is 14.6. The molecule has 4 amide bonds. The lowest BCUT2D eigenvalue weighted by molar-refractivity contribution is 0.0782. The molecular formula is C52H66N4O11S2. The van der Waals surface area contributed by atoms with Crippen LogP contribution in [0.25, 0.3) is 0 Å². The number of hydrogen-bond acceptors (Lipinski definition) is 13. The molecule has 2 unspecified atom stereocenters. The van der Waals surface area contributed by atoms with Gasteiger partial charge < -0.3 is 43.7 Å². The second kappa shape index (κ2) is 27.4. The summed E-state index contributed by atoms with van der Waals surface area (Å²) >= 11 is 3.16. The number of hydrogen-bond donors (Lipinski definition) is 2. The Labute approximate surface area is 414 Å². The summed E-state index contributed by atoms with van der Waals surface area (Å²) in [5.41, 5.74) is 1.02. The van der Waals surface area contributed by atoms with E-state index in [2.05, 4.69) is 24.4 Å². The highest BCUT2D eigenvalue weighted by atomic mass is 32.2. The molecule has 17 heteroatoms. The normalized spacial score (nSPS) is 17.3. The van der Waals surface area contributed by atoms with Gasteiger partial charge in [-0.1, -0.05) is 55.8 Å². The van der Waals surface area contributed by atoms with Crippen LogP contribution in [0, 0.1) is 0 Å². The van der Waals surface area contributed by atoms with Crippen LogP contribution in [-0.2, 0) is 9.47 Å². The van der Waals surface area contributed by atoms with Crippen LogP contribution >= 0.6 is 23.5 Å². The Bertz CT molecular complexity index is 2290. The Morgan fingerprint density at radius 3 is 2.16 bits per heavy atom. The van der Waals surface area contributed by atoms with Gasteiger partial charge in [-0.3, -0.25) is 19.4 Å². The number of anilines is 2. The molecule has 2 N–H and O–H groups in total. The fourth-order valence-corrected chi connectivity index (χ4v) is 9.60. The Balaban J connectivity index is 1.09. The zero-order valence-electron chi connectivity index (χ0n) is 40.2. The number of methoxy groups -OCH3 is 2. The van der Waals surface area contributed by atoms with E-state index in [1.807, 2.05) is 48.6 Å². The third-order valence-electron chi connectivity index (χ3n) is 11.7. The summed E-state index contributed by atoms with van der Waals surface area (Å²) in [7, 11) is 4.70. The predicted molar refractivity (Wildman–Crippen MR) is 272 cm³/mol. The third kappa shape index (κ3) is 15.1. The van der Waals surface area contributed by atoms with Gasteiger partial charge in [-0.05, 0) is 88.1 Å². The molecule has 0 fully saturated rings. The van der Waals surface area contributed by atoms with E-state index in [-0.39, 0.29) is 55.3 Å². The van der Waals surface area contributed by atoms with Gasteiger partial charge in [-0.25, -0.2) is 9.59 Å². The maximum atomic E-state index is 13.8. The standard InChI is InChI=1S/C52H66N4O11S2/c1-5-18-37-24-26-55(51(60)66-29-31-68-38-19-10-6-7-11-20-38)42-35-46(44(62-3)33-40(42)49(58)53-37)64-27-16-9-17-28-65-47-36-43-41(34-45(47)63-4)50(59)54(2)25-15-14-23-48(57)56(43)52(61)67-30-32-69-39-21-12-8-13-22-39/h6-8,10,12-13,19-22,33-37,48,57H,5,9,11,14-18,23-32H2,1-4H3,(H,53,58). The molecular weight excluding hydrogens is 921 g/mol. The zero-order valence-corrected chi connectivity index (χ0v) is 41.8. The van der Waals surface area contributed by atoms with Crippen LogP contribution in [0.3, 0.4) is 0 Å². The fraction of sp³-hybridized carbons (Fsp3) is 0.462. The molecule has 2 aliphatic heterocycles. The van der Waals surface area contributed by atoms with Gasteiger partial charge in [-0.15, -0.1) is 23.5 Å². The van der Waals surface area contributed by atoms with Crippen molar-refractivity contribution in [3.05, 3.63) is 101 Å². The summed E-state index contributed by atoms with van der Waals surface area (Å²) in [5.74, 6) is 1.80. The first-order chi connectivity index (χ1) is 33.6. The molecule has 69 heavy (non-hydrogen) atoms. The van der Waals surface area contributed by atoms with Crippen LogP contribution in [0.4, 0.5) is 21.0 Å². The van der Waals surface area contributed by atoms with Crippen LogP contribution in [0.2, 0.25) is 0 Å². The van der Waals surface area contributed by atoms with E-state index in [0.717, 1.165) is 34.0 Å². The molecule has 3 aromatic carbocycles. The first kappa shape index (κ1) is 52.6. The number of allylic oxidation sites excluding steroid dienone is 5. The molecule has 372 valence electrons. The number of nitrogens with one attached hydrogen (secondary N) is 1. The summed E-state index contributed by atoms with van der Waals surface area (Å²) in [6, 6.07) is 16.1. The molecule has 0 spiro atoms. The monoisotopic (exact) mass is 986 g/mol. The average Bonchev–Trinajstić information content (AvgIpc) is 3.63. The SMILES string of the molecule is CCCC1CCN(C(=O)OCCSC2=CCC=CC=C2)c2cc(OCCCCCOc3cc4c(cc3OC)C(=O)N(C)CCCCC(O)N4C(=O)OCCSc3ccccc3)c(OC)cc2C(=O)N1. The van der Waals surface area contributed by atoms with Crippen molar-refractivity contribution in [1.82, 2.24) is 10.2 Å². The molecule has 2 atom stereocenters. The topological polar surface area (TPSA) is 166 Å². The molecule has 15 nitrogen and oxygen atoms in total. The van der Waals surface area contributed by atoms with Gasteiger partial charge in [0, 0.05) is 59.6 Å². The van der Waals surface area contributed by atoms with Crippen LogP contribution in [0.5, 0.6) is 23.0 Å². The summed E-state index contributed by atoms with van der Waals surface area (Å²) in [4.78, 5) is 61.5. The third-order valence-corrected chi connectivity index (χ3v) is 13.7. The molecule has 0 saturated heterocycles. The van der Waals surface area contributed by atoms with E-state index in [4.69, 9.17) is 28.4 Å². The zero-order chi connectivity index (χ0) is 49.0. The molecule has 3 aliphatic rings. The fourth-order valence-electron chi connectivity index (χ4n) is 8.06. The van der Waals surface area contributed by atoms with E-state index in [0.29, 0.717) is 104 Å². The molecule has 1 aliphatic carbocycles. The van der Waals surface area contributed by atoms with Gasteiger partial charge in [-0.2, -0.15) is 0 Å². The van der Waals surface area contributed by atoms with Gasteiger partial charge in [0.05, 0.1) is 49.9 Å². The van der Waals surface area contributed by atoms with Crippen LogP contribution in [-0.4, -0.2) is 119 Å². The Morgan fingerprint density at radius 1 is 0.768 bits per heavy atom. The lowest BCUT2D eigenvalue weighted by Crippen LogP contribution is -2.44. The largest absolute Gasteiger partial charge is 0.493 e. The van der Waals surface area contributed by atoms with Gasteiger partial charge in [0.15, 0.2) is 23.0 Å². The number of rotatable bonds is 20. The number of aliphatic hydroxyl groups excluding tert-OH is 1. The Morgan fingerprint density at radius 2 is 1.45 bits per heavy atom. The first-order valence-corrected chi connectivity index (χ1v) is 25.8. The van der Waals surface area contributed by atoms with Crippen molar-refractivity contribution in [3.8, 4) is 23.0 Å². The second-order valence-electron chi connectivity index (χ2n) is 16.6. The van der Waals surface area contributed by atoms with E-state index < -0.39 is 18.4 Å². The Hall–Kier alpha value is -5.78. The molecule has 6 rings (SSSR count). The van der Waals surface area contributed by atoms with Crippen LogP contribution < -0.4 is 34.1 Å². The number of thioether (sulfide) groups is 2. The lowest BCUT2D eigenvalue weighted by atomic mass is 10.0. The second-order valence-corrected chi connectivity index (χ2v) is 19.0. The molecule has 0 bridgehead atoms. The molecule has 0 saturated carbocycles. The van der Waals surface area contributed by atoms with Crippen molar-refractivity contribution in [1.29, 1.82) is 0 Å². The number of carbonyl (C=O) groups is 4. The number of carbonyl (C=O) groups excluding carboxylic acids is 4. The quantitative estimate of drug-likeness (QED) is 0.0812. The van der Waals surface area contributed by atoms with Crippen molar-refractivity contribution >= 4 is 58.9 Å². The van der Waals surface area contributed by atoms with Crippen molar-refractivity contribution in [2.45, 2.75) is 88.3 Å². The lowest BCUT2D eigenvalue weighted by Gasteiger charge is -2.32. The highest BCUT2D eigenvalue weighted by Gasteiger charge is 2.33. The maximum Gasteiger partial charge on any atom is 0.416 e. The highest BCUT2D eigenvalue weighted by molar-refractivity contribution is 8.03. The minimum Gasteiger partial charge on any atom is -0.493 e. The van der Waals surface area contributed by atoms with Crippen molar-refractivity contribution in [2.75, 3.05) is 82.1 Å². The summed E-state index contributed by atoms with van der Waals surface area (Å²) < 4.78 is 35.4. The van der Waals surface area contributed by atoms with E-state index in [1.54, 1.807) is 59.7 Å². The van der Waals surface area contributed by atoms with E-state index >= 15 is 0 Å². The molecule has 2 heterocycles. The number of nitrogens with zero attached hydrogens (tertiary/aromatic N) is 3. The molecule has 3 aromatic rings. The smallest absolute Gasteiger partial charge is 0.416 e. The summed E-state index contributed by atoms with van der Waals surface area (Å²) in [6.45, 7) is 3.74. The van der Waals surface area contributed by atoms with Gasteiger partial charge in [0.1, 0.15) is 19.4 Å². The Kier molecular flexibility index (Phi) is 20.9. The summed E-state index contributed by atoms with van der Waals surface area (Å²) in [6.07, 6.45) is 14.2. The molecule has 0 radical (unpaired) electrons. The maximum absolute atomic E-state index is 13.8. The van der Waals surface area contributed by atoms with Crippen LogP contribution in [0.15, 0.2) is 94.8 Å². The number of ether oxygens (including phenoxy) is 6. The average molecular weight is 987 g/mol. The minimum absolute atomic E-state index is 0.0896. The van der Waals surface area contributed by atoms with Crippen molar-refractivity contribution < 1.29 is 52.7 Å². The van der Waals surface area contributed by atoms with E-state index in [1.165, 1.54) is 19.1 Å². The minimum atomic E-state index is -1.25. The van der Waals surface area contributed by atoms with Crippen molar-refractivity contribution in [2.24, 2.45) is 0 Å². The van der Waals surface area contributed by atoms with Crippen molar-refractivity contribution in [3.63, 3.8) is 0 Å². The number of fused-ring (bicyclic) bond motifs is 2. The number of unbranched alkanes of at least 4 members (excludes halogenated alkanes) is 2. The van der Waals surface area contributed by atoms with Gasteiger partial charge >= 0.3 is 12.2 Å². The first-order valence-electron chi connectivity index (χ1n) is 23.8. The molecule has 0 aromatic heterocycles. The number of amides is 4. The van der Waals surface area contributed by atoms with E-state index in [9.17, 15) is 24.3 Å². The highest BCUT2D eigenvalue weighted by Crippen LogP contribution is 2.39. The van der Waals surface area contributed by atoms with Gasteiger partial charge in [0.25, 0.3) is 11.8 Å².